The molecule has 0 bridgehead atoms. The summed E-state index contributed by atoms with van der Waals surface area (Å²) in [6.07, 6.45) is 3.18. The lowest BCUT2D eigenvalue weighted by Crippen LogP contribution is -2.47. The van der Waals surface area contributed by atoms with Crippen LogP contribution in [0, 0.1) is 6.92 Å². The van der Waals surface area contributed by atoms with Crippen LogP contribution in [0.25, 0.3) is 0 Å². The van der Waals surface area contributed by atoms with Crippen LogP contribution in [0.1, 0.15) is 35.9 Å². The van der Waals surface area contributed by atoms with E-state index >= 15 is 0 Å². The van der Waals surface area contributed by atoms with Crippen LogP contribution in [0.3, 0.4) is 0 Å². The molecule has 1 amide bonds. The van der Waals surface area contributed by atoms with E-state index < -0.39 is 5.97 Å². The quantitative estimate of drug-likeness (QED) is 0.805. The normalized spacial score (nSPS) is 21.3. The van der Waals surface area contributed by atoms with E-state index in [1.54, 1.807) is 11.3 Å². The third-order valence-corrected chi connectivity index (χ3v) is 5.16. The Morgan fingerprint density at radius 3 is 2.86 bits per heavy atom. The highest BCUT2D eigenvalue weighted by atomic mass is 32.1. The zero-order valence-electron chi connectivity index (χ0n) is 13.2. The largest absolute Gasteiger partial charge is 0.480 e. The third-order valence-electron chi connectivity index (χ3n) is 4.10. The zero-order valence-corrected chi connectivity index (χ0v) is 14.0. The minimum Gasteiger partial charge on any atom is -0.480 e. The van der Waals surface area contributed by atoms with Gasteiger partial charge in [0.15, 0.2) is 0 Å². The minimum atomic E-state index is -0.864. The van der Waals surface area contributed by atoms with Crippen LogP contribution < -0.4 is 5.32 Å². The molecule has 0 aromatic carbocycles. The number of aliphatic carboxylic acids is 1. The van der Waals surface area contributed by atoms with Gasteiger partial charge >= 0.3 is 5.97 Å². The van der Waals surface area contributed by atoms with E-state index in [0.717, 1.165) is 19.3 Å². The number of rotatable bonds is 7. The molecule has 2 heterocycles. The Morgan fingerprint density at radius 2 is 2.23 bits per heavy atom. The van der Waals surface area contributed by atoms with Crippen LogP contribution in [0.5, 0.6) is 0 Å². The number of carbonyl (C=O) groups is 2. The fourth-order valence-corrected chi connectivity index (χ4v) is 3.73. The predicted octanol–water partition coefficient (Wildman–Crippen LogP) is 2.04. The molecule has 1 aliphatic rings. The lowest BCUT2D eigenvalue weighted by Gasteiger charge is -2.25. The molecule has 1 aliphatic heterocycles. The summed E-state index contributed by atoms with van der Waals surface area (Å²) in [7, 11) is 0. The van der Waals surface area contributed by atoms with Gasteiger partial charge in [0.2, 0.25) is 5.91 Å². The number of carbonyl (C=O) groups excluding carboxylic acids is 1. The summed E-state index contributed by atoms with van der Waals surface area (Å²) >= 11 is 1.79. The first-order valence-corrected chi connectivity index (χ1v) is 8.49. The van der Waals surface area contributed by atoms with Crippen molar-refractivity contribution in [2.24, 2.45) is 0 Å². The van der Waals surface area contributed by atoms with Crippen LogP contribution in [0.2, 0.25) is 0 Å². The highest BCUT2D eigenvalue weighted by molar-refractivity contribution is 7.11. The van der Waals surface area contributed by atoms with Crippen molar-refractivity contribution in [2.45, 2.75) is 45.1 Å². The number of carboxylic acids is 1. The van der Waals surface area contributed by atoms with Gasteiger partial charge in [0.1, 0.15) is 0 Å². The highest BCUT2D eigenvalue weighted by Gasteiger charge is 2.35. The van der Waals surface area contributed by atoms with Gasteiger partial charge in [-0.15, -0.1) is 11.3 Å². The van der Waals surface area contributed by atoms with Crippen molar-refractivity contribution in [3.63, 3.8) is 0 Å². The molecule has 1 aromatic rings. The molecule has 2 rings (SSSR count). The van der Waals surface area contributed by atoms with Crippen LogP contribution >= 0.6 is 11.3 Å². The van der Waals surface area contributed by atoms with Crippen LogP contribution in [0.4, 0.5) is 0 Å². The average Bonchev–Trinajstić information content (AvgIpc) is 3.04. The molecule has 2 N–H and O–H groups in total. The van der Waals surface area contributed by atoms with E-state index in [4.69, 9.17) is 5.11 Å². The monoisotopic (exact) mass is 324 g/mol. The number of aryl methyl sites for hydroxylation is 2. The molecule has 0 radical (unpaired) electrons. The van der Waals surface area contributed by atoms with E-state index in [9.17, 15) is 9.59 Å². The molecule has 0 saturated carbocycles. The Labute approximate surface area is 135 Å². The Bertz CT molecular complexity index is 543. The number of hydrogen-bond acceptors (Lipinski definition) is 4. The van der Waals surface area contributed by atoms with Crippen LogP contribution in [-0.2, 0) is 16.0 Å². The van der Waals surface area contributed by atoms with E-state index in [1.165, 1.54) is 9.75 Å². The Kier molecular flexibility index (Phi) is 5.58. The lowest BCUT2D eigenvalue weighted by atomic mass is 10.0. The highest BCUT2D eigenvalue weighted by Crippen LogP contribution is 2.22. The summed E-state index contributed by atoms with van der Waals surface area (Å²) in [6.45, 7) is 5.32. The number of hydrogen-bond donors (Lipinski definition) is 2. The van der Waals surface area contributed by atoms with Crippen molar-refractivity contribution >= 4 is 23.2 Å². The van der Waals surface area contributed by atoms with Crippen molar-refractivity contribution in [1.29, 1.82) is 0 Å². The van der Waals surface area contributed by atoms with Crippen molar-refractivity contribution in [3.05, 3.63) is 21.9 Å². The maximum absolute atomic E-state index is 12.3. The van der Waals surface area contributed by atoms with Crippen LogP contribution in [-0.4, -0.2) is 47.1 Å². The van der Waals surface area contributed by atoms with E-state index in [2.05, 4.69) is 24.4 Å². The number of nitrogens with zero attached hydrogens (tertiary/aromatic N) is 1. The zero-order chi connectivity index (χ0) is 16.2. The Hall–Kier alpha value is -1.40. The molecule has 1 aromatic heterocycles. The maximum Gasteiger partial charge on any atom is 0.317 e. The summed E-state index contributed by atoms with van der Waals surface area (Å²) in [4.78, 5) is 27.4. The molecule has 1 fully saturated rings. The van der Waals surface area contributed by atoms with Gasteiger partial charge in [0.25, 0.3) is 0 Å². The number of carboxylic acid groups (broad SMARTS) is 1. The second-order valence-corrected chi connectivity index (χ2v) is 7.61. The molecule has 1 atom stereocenters. The summed E-state index contributed by atoms with van der Waals surface area (Å²) in [5, 5.41) is 11.8. The summed E-state index contributed by atoms with van der Waals surface area (Å²) in [5.41, 5.74) is -0.279. The van der Waals surface area contributed by atoms with Gasteiger partial charge in [-0.25, -0.2) is 0 Å². The predicted molar refractivity (Wildman–Crippen MR) is 87.2 cm³/mol. The first-order chi connectivity index (χ1) is 10.4. The molecule has 1 saturated heterocycles. The maximum atomic E-state index is 12.3. The molecule has 122 valence electrons. The van der Waals surface area contributed by atoms with E-state index in [0.29, 0.717) is 19.5 Å². The number of thiophene rings is 1. The molecule has 0 spiro atoms. The lowest BCUT2D eigenvalue weighted by molar-refractivity contribution is -0.136. The van der Waals surface area contributed by atoms with E-state index in [-0.39, 0.29) is 18.0 Å². The van der Waals surface area contributed by atoms with Gasteiger partial charge in [-0.05, 0) is 45.2 Å². The molecular formula is C16H24N2O3S. The van der Waals surface area contributed by atoms with Gasteiger partial charge in [0.05, 0.1) is 6.54 Å². The fourth-order valence-electron chi connectivity index (χ4n) is 2.80. The van der Waals surface area contributed by atoms with E-state index in [1.807, 2.05) is 11.8 Å². The van der Waals surface area contributed by atoms with Gasteiger partial charge < -0.3 is 10.0 Å². The first kappa shape index (κ1) is 17.0. The SMILES string of the molecule is Cc1ccc(CCCC(=O)N2CCC(C)(NCC(=O)O)C2)s1. The smallest absolute Gasteiger partial charge is 0.317 e. The number of amides is 1. The van der Waals surface area contributed by atoms with Crippen LogP contribution in [0.15, 0.2) is 12.1 Å². The van der Waals surface area contributed by atoms with Gasteiger partial charge in [0, 0.05) is 34.8 Å². The molecule has 1 unspecified atom stereocenters. The standard InChI is InChI=1S/C16H24N2O3S/c1-12-6-7-13(22-12)4-3-5-14(19)18-9-8-16(2,11-18)17-10-15(20)21/h6-7,17H,3-5,8-11H2,1-2H3,(H,20,21). The third kappa shape index (κ3) is 4.81. The number of nitrogens with one attached hydrogen (secondary N) is 1. The second-order valence-electron chi connectivity index (χ2n) is 6.24. The molecule has 6 heteroatoms. The van der Waals surface area contributed by atoms with Gasteiger partial charge in [-0.3, -0.25) is 14.9 Å². The summed E-state index contributed by atoms with van der Waals surface area (Å²) in [5.74, 6) is -0.689. The molecule has 5 nitrogen and oxygen atoms in total. The fraction of sp³-hybridized carbons (Fsp3) is 0.625. The second kappa shape index (κ2) is 7.24. The number of likely N-dealkylation sites (tertiary alicyclic amines) is 1. The Balaban J connectivity index is 1.73. The molecule has 0 aliphatic carbocycles. The summed E-state index contributed by atoms with van der Waals surface area (Å²) < 4.78 is 0. The van der Waals surface area contributed by atoms with Gasteiger partial charge in [-0.1, -0.05) is 0 Å². The topological polar surface area (TPSA) is 69.6 Å². The van der Waals surface area contributed by atoms with Crippen molar-refractivity contribution in [3.8, 4) is 0 Å². The molecular weight excluding hydrogens is 300 g/mol. The molecule has 22 heavy (non-hydrogen) atoms. The summed E-state index contributed by atoms with van der Waals surface area (Å²) in [6, 6.07) is 4.25. The first-order valence-electron chi connectivity index (χ1n) is 7.68. The Morgan fingerprint density at radius 1 is 1.45 bits per heavy atom. The van der Waals surface area contributed by atoms with Crippen molar-refractivity contribution in [1.82, 2.24) is 10.2 Å². The van der Waals surface area contributed by atoms with Gasteiger partial charge in [-0.2, -0.15) is 0 Å². The minimum absolute atomic E-state index is 0.0593. The van der Waals surface area contributed by atoms with Crippen molar-refractivity contribution in [2.75, 3.05) is 19.6 Å². The average molecular weight is 324 g/mol. The van der Waals surface area contributed by atoms with Crippen molar-refractivity contribution < 1.29 is 14.7 Å².